The summed E-state index contributed by atoms with van der Waals surface area (Å²) < 4.78 is 0.965. The van der Waals surface area contributed by atoms with E-state index in [0.29, 0.717) is 6.54 Å². The van der Waals surface area contributed by atoms with Gasteiger partial charge in [0.1, 0.15) is 6.10 Å². The van der Waals surface area contributed by atoms with Gasteiger partial charge in [-0.15, -0.1) is 0 Å². The molecule has 0 fully saturated rings. The van der Waals surface area contributed by atoms with Crippen molar-refractivity contribution in [1.29, 1.82) is 0 Å². The first-order valence-electron chi connectivity index (χ1n) is 6.68. The predicted octanol–water partition coefficient (Wildman–Crippen LogP) is 3.77. The second-order valence-corrected chi connectivity index (χ2v) is 6.59. The molecule has 0 radical (unpaired) electrons. The Hall–Kier alpha value is -1.16. The van der Waals surface area contributed by atoms with Gasteiger partial charge in [0, 0.05) is 16.4 Å². The standard InChI is InChI=1S/C17H20BrNO/c1-17(2,11-19)14-7-3-5-12(9-14)16(20)13-6-4-8-15(18)10-13/h3-10,16,20H,11,19H2,1-2H3. The molecule has 0 spiro atoms. The van der Waals surface area contributed by atoms with Crippen molar-refractivity contribution in [3.63, 3.8) is 0 Å². The Morgan fingerprint density at radius 2 is 1.70 bits per heavy atom. The first-order valence-corrected chi connectivity index (χ1v) is 7.47. The molecule has 0 heterocycles. The van der Waals surface area contributed by atoms with Gasteiger partial charge in [-0.1, -0.05) is 66.2 Å². The topological polar surface area (TPSA) is 46.2 Å². The van der Waals surface area contributed by atoms with Gasteiger partial charge in [0.15, 0.2) is 0 Å². The van der Waals surface area contributed by atoms with Crippen LogP contribution in [-0.2, 0) is 5.41 Å². The summed E-state index contributed by atoms with van der Waals surface area (Å²) in [6, 6.07) is 15.8. The van der Waals surface area contributed by atoms with E-state index < -0.39 is 6.10 Å². The Labute approximate surface area is 128 Å². The lowest BCUT2D eigenvalue weighted by Gasteiger charge is -2.24. The van der Waals surface area contributed by atoms with E-state index in [-0.39, 0.29) is 5.41 Å². The summed E-state index contributed by atoms with van der Waals surface area (Å²) >= 11 is 3.43. The van der Waals surface area contributed by atoms with Gasteiger partial charge in [-0.05, 0) is 28.8 Å². The fourth-order valence-electron chi connectivity index (χ4n) is 2.12. The Balaban J connectivity index is 2.36. The van der Waals surface area contributed by atoms with Crippen molar-refractivity contribution >= 4 is 15.9 Å². The quantitative estimate of drug-likeness (QED) is 0.894. The van der Waals surface area contributed by atoms with Crippen LogP contribution in [0.3, 0.4) is 0 Å². The summed E-state index contributed by atoms with van der Waals surface area (Å²) in [5, 5.41) is 10.5. The third kappa shape index (κ3) is 3.29. The zero-order valence-electron chi connectivity index (χ0n) is 11.8. The summed E-state index contributed by atoms with van der Waals surface area (Å²) in [5.74, 6) is 0. The fraction of sp³-hybridized carbons (Fsp3) is 0.294. The van der Waals surface area contributed by atoms with Gasteiger partial charge >= 0.3 is 0 Å². The van der Waals surface area contributed by atoms with Gasteiger partial charge in [0.2, 0.25) is 0 Å². The predicted molar refractivity (Wildman–Crippen MR) is 86.7 cm³/mol. The first-order chi connectivity index (χ1) is 9.44. The fourth-order valence-corrected chi connectivity index (χ4v) is 2.53. The van der Waals surface area contributed by atoms with E-state index in [4.69, 9.17) is 5.73 Å². The van der Waals surface area contributed by atoms with E-state index in [1.165, 1.54) is 0 Å². The molecule has 20 heavy (non-hydrogen) atoms. The van der Waals surface area contributed by atoms with E-state index in [1.807, 2.05) is 42.5 Å². The molecule has 0 saturated carbocycles. The molecule has 0 aromatic heterocycles. The minimum Gasteiger partial charge on any atom is -0.384 e. The van der Waals surface area contributed by atoms with Gasteiger partial charge in [0.05, 0.1) is 0 Å². The van der Waals surface area contributed by atoms with Gasteiger partial charge in [-0.3, -0.25) is 0 Å². The molecule has 0 aliphatic rings. The molecule has 3 N–H and O–H groups in total. The Kier molecular flexibility index (Phi) is 4.63. The maximum atomic E-state index is 10.5. The molecule has 2 aromatic rings. The Morgan fingerprint density at radius 3 is 2.30 bits per heavy atom. The average molecular weight is 334 g/mol. The lowest BCUT2D eigenvalue weighted by Crippen LogP contribution is -2.28. The molecule has 0 saturated heterocycles. The summed E-state index contributed by atoms with van der Waals surface area (Å²) in [6.45, 7) is 4.79. The van der Waals surface area contributed by atoms with Crippen LogP contribution in [0, 0.1) is 0 Å². The van der Waals surface area contributed by atoms with Crippen molar-refractivity contribution in [1.82, 2.24) is 0 Å². The van der Waals surface area contributed by atoms with Crippen LogP contribution in [0.4, 0.5) is 0 Å². The minimum atomic E-state index is -0.624. The summed E-state index contributed by atoms with van der Waals surface area (Å²) in [7, 11) is 0. The molecular weight excluding hydrogens is 314 g/mol. The number of hydrogen-bond donors (Lipinski definition) is 2. The first kappa shape index (κ1) is 15.2. The molecule has 106 valence electrons. The molecule has 0 aliphatic carbocycles. The molecule has 1 unspecified atom stereocenters. The molecule has 0 amide bonds. The Morgan fingerprint density at radius 1 is 1.10 bits per heavy atom. The van der Waals surface area contributed by atoms with Crippen LogP contribution >= 0.6 is 15.9 Å². The van der Waals surface area contributed by atoms with Crippen LogP contribution in [0.2, 0.25) is 0 Å². The van der Waals surface area contributed by atoms with Crippen molar-refractivity contribution < 1.29 is 5.11 Å². The highest BCUT2D eigenvalue weighted by Gasteiger charge is 2.20. The van der Waals surface area contributed by atoms with Gasteiger partial charge in [0.25, 0.3) is 0 Å². The molecular formula is C17H20BrNO. The second kappa shape index (κ2) is 6.08. The van der Waals surface area contributed by atoms with E-state index in [9.17, 15) is 5.11 Å². The van der Waals surface area contributed by atoms with Crippen LogP contribution in [-0.4, -0.2) is 11.7 Å². The van der Waals surface area contributed by atoms with Crippen LogP contribution < -0.4 is 5.73 Å². The second-order valence-electron chi connectivity index (χ2n) is 5.67. The lowest BCUT2D eigenvalue weighted by molar-refractivity contribution is 0.220. The van der Waals surface area contributed by atoms with Crippen LogP contribution in [0.25, 0.3) is 0 Å². The van der Waals surface area contributed by atoms with Crippen molar-refractivity contribution in [3.05, 3.63) is 69.7 Å². The smallest absolute Gasteiger partial charge is 0.104 e. The summed E-state index contributed by atoms with van der Waals surface area (Å²) in [4.78, 5) is 0. The van der Waals surface area contributed by atoms with Crippen molar-refractivity contribution in [2.24, 2.45) is 5.73 Å². The highest BCUT2D eigenvalue weighted by molar-refractivity contribution is 9.10. The highest BCUT2D eigenvalue weighted by atomic mass is 79.9. The van der Waals surface area contributed by atoms with E-state index in [0.717, 1.165) is 21.2 Å². The maximum Gasteiger partial charge on any atom is 0.104 e. The zero-order chi connectivity index (χ0) is 14.8. The number of benzene rings is 2. The van der Waals surface area contributed by atoms with Crippen LogP contribution in [0.1, 0.15) is 36.6 Å². The number of aliphatic hydroxyl groups is 1. The highest BCUT2D eigenvalue weighted by Crippen LogP contribution is 2.28. The molecule has 0 aliphatic heterocycles. The summed E-state index contributed by atoms with van der Waals surface area (Å²) in [6.07, 6.45) is -0.624. The van der Waals surface area contributed by atoms with Crippen LogP contribution in [0.15, 0.2) is 53.0 Å². The van der Waals surface area contributed by atoms with Crippen LogP contribution in [0.5, 0.6) is 0 Å². The molecule has 3 heteroatoms. The minimum absolute atomic E-state index is 0.0903. The van der Waals surface area contributed by atoms with Gasteiger partial charge in [-0.25, -0.2) is 0 Å². The Bertz CT molecular complexity index is 595. The van der Waals surface area contributed by atoms with E-state index in [2.05, 4.69) is 35.8 Å². The van der Waals surface area contributed by atoms with Crippen molar-refractivity contribution in [3.8, 4) is 0 Å². The largest absolute Gasteiger partial charge is 0.384 e. The maximum absolute atomic E-state index is 10.5. The SMILES string of the molecule is CC(C)(CN)c1cccc(C(O)c2cccc(Br)c2)c1. The number of rotatable bonds is 4. The molecule has 2 aromatic carbocycles. The zero-order valence-corrected chi connectivity index (χ0v) is 13.4. The number of hydrogen-bond acceptors (Lipinski definition) is 2. The average Bonchev–Trinajstić information content (AvgIpc) is 2.46. The third-order valence-electron chi connectivity index (χ3n) is 3.66. The molecule has 2 rings (SSSR count). The lowest BCUT2D eigenvalue weighted by atomic mass is 9.83. The van der Waals surface area contributed by atoms with Gasteiger partial charge in [-0.2, -0.15) is 0 Å². The monoisotopic (exact) mass is 333 g/mol. The summed E-state index contributed by atoms with van der Waals surface area (Å²) in [5.41, 5.74) is 8.65. The van der Waals surface area contributed by atoms with Crippen molar-refractivity contribution in [2.75, 3.05) is 6.54 Å². The van der Waals surface area contributed by atoms with Crippen molar-refractivity contribution in [2.45, 2.75) is 25.4 Å². The normalized spacial score (nSPS) is 13.2. The molecule has 1 atom stereocenters. The molecule has 2 nitrogen and oxygen atoms in total. The molecule has 0 bridgehead atoms. The number of aliphatic hydroxyl groups excluding tert-OH is 1. The van der Waals surface area contributed by atoms with E-state index >= 15 is 0 Å². The number of halogens is 1. The van der Waals surface area contributed by atoms with Gasteiger partial charge < -0.3 is 10.8 Å². The number of nitrogens with two attached hydrogens (primary N) is 1. The third-order valence-corrected chi connectivity index (χ3v) is 4.15. The van der Waals surface area contributed by atoms with E-state index in [1.54, 1.807) is 0 Å².